The van der Waals surface area contributed by atoms with Gasteiger partial charge in [0.1, 0.15) is 5.25 Å². The molecule has 3 rings (SSSR count). The third-order valence-electron chi connectivity index (χ3n) is 6.42. The van der Waals surface area contributed by atoms with Crippen molar-refractivity contribution in [1.82, 2.24) is 19.8 Å². The lowest BCUT2D eigenvalue weighted by Crippen LogP contribution is -2.63. The molecule has 2 unspecified atom stereocenters. The molecule has 2 aliphatic heterocycles. The van der Waals surface area contributed by atoms with Gasteiger partial charge in [-0.15, -0.1) is 0 Å². The third-order valence-corrected chi connectivity index (χ3v) is 8.64. The Kier molecular flexibility index (Phi) is 5.33. The Morgan fingerprint density at radius 1 is 1.23 bits per heavy atom. The molecule has 0 aromatic heterocycles. The van der Waals surface area contributed by atoms with E-state index in [1.807, 2.05) is 0 Å². The molecule has 3 fully saturated rings. The van der Waals surface area contributed by atoms with Crippen LogP contribution in [0.3, 0.4) is 0 Å². The fourth-order valence-corrected chi connectivity index (χ4v) is 6.07. The Labute approximate surface area is 155 Å². The van der Waals surface area contributed by atoms with E-state index in [0.717, 1.165) is 12.8 Å². The van der Waals surface area contributed by atoms with Gasteiger partial charge in [-0.25, -0.2) is 8.42 Å². The zero-order valence-corrected chi connectivity index (χ0v) is 16.6. The van der Waals surface area contributed by atoms with Crippen molar-refractivity contribution < 1.29 is 18.0 Å². The molecule has 8 nitrogen and oxygen atoms in total. The Bertz CT molecular complexity index is 668. The molecule has 0 spiro atoms. The standard InChI is InChI=1S/C17H30N4O4S/c1-4-17(12(2)3)9-14(17)19-15(22)16(23)20-10-13(11-20)26(24,25)21-7-5-18-6-8-21/h12-14,18H,4-11H2,1-3H3,(H,19,22). The minimum Gasteiger partial charge on any atom is -0.345 e. The van der Waals surface area contributed by atoms with Gasteiger partial charge in [-0.05, 0) is 24.2 Å². The van der Waals surface area contributed by atoms with E-state index in [-0.39, 0.29) is 24.5 Å². The summed E-state index contributed by atoms with van der Waals surface area (Å²) >= 11 is 0. The molecular formula is C17H30N4O4S. The van der Waals surface area contributed by atoms with E-state index in [9.17, 15) is 18.0 Å². The molecule has 0 aromatic carbocycles. The molecule has 26 heavy (non-hydrogen) atoms. The molecule has 0 radical (unpaired) electrons. The number of carbonyl (C=O) groups excluding carboxylic acids is 2. The number of likely N-dealkylation sites (tertiary alicyclic amines) is 1. The topological polar surface area (TPSA) is 98.8 Å². The Morgan fingerprint density at radius 2 is 1.85 bits per heavy atom. The number of carbonyl (C=O) groups is 2. The predicted molar refractivity (Wildman–Crippen MR) is 97.8 cm³/mol. The molecule has 2 saturated heterocycles. The summed E-state index contributed by atoms with van der Waals surface area (Å²) in [4.78, 5) is 25.9. The van der Waals surface area contributed by atoms with Gasteiger partial charge in [0.25, 0.3) is 0 Å². The highest BCUT2D eigenvalue weighted by Crippen LogP contribution is 2.54. The molecule has 148 valence electrons. The highest BCUT2D eigenvalue weighted by atomic mass is 32.2. The SMILES string of the molecule is CCC1(C(C)C)CC1NC(=O)C(=O)N1CC(S(=O)(=O)N2CCNCC2)C1. The van der Waals surface area contributed by atoms with Gasteiger partial charge in [0.2, 0.25) is 10.0 Å². The van der Waals surface area contributed by atoms with Crippen molar-refractivity contribution in [3.8, 4) is 0 Å². The van der Waals surface area contributed by atoms with E-state index in [1.54, 1.807) is 0 Å². The Hall–Kier alpha value is -1.19. The number of sulfonamides is 1. The molecule has 2 atom stereocenters. The summed E-state index contributed by atoms with van der Waals surface area (Å²) in [7, 11) is -3.39. The van der Waals surface area contributed by atoms with Crippen LogP contribution in [0, 0.1) is 11.3 Å². The molecule has 1 saturated carbocycles. The molecule has 2 amide bonds. The van der Waals surface area contributed by atoms with E-state index >= 15 is 0 Å². The summed E-state index contributed by atoms with van der Waals surface area (Å²) in [6, 6.07) is 0.0469. The second-order valence-electron chi connectivity index (χ2n) is 8.00. The first kappa shape index (κ1) is 19.6. The maximum atomic E-state index is 12.6. The maximum absolute atomic E-state index is 12.6. The largest absolute Gasteiger partial charge is 0.345 e. The fourth-order valence-electron chi connectivity index (χ4n) is 4.22. The van der Waals surface area contributed by atoms with E-state index in [1.165, 1.54) is 9.21 Å². The highest BCUT2D eigenvalue weighted by molar-refractivity contribution is 7.89. The summed E-state index contributed by atoms with van der Waals surface area (Å²) in [5.74, 6) is -0.771. The number of piperazine rings is 1. The number of nitrogens with zero attached hydrogens (tertiary/aromatic N) is 2. The van der Waals surface area contributed by atoms with Crippen LogP contribution in [0.4, 0.5) is 0 Å². The van der Waals surface area contributed by atoms with Crippen molar-refractivity contribution in [3.05, 3.63) is 0 Å². The zero-order chi connectivity index (χ0) is 19.1. The monoisotopic (exact) mass is 386 g/mol. The second-order valence-corrected chi connectivity index (χ2v) is 10.2. The van der Waals surface area contributed by atoms with Crippen molar-refractivity contribution in [1.29, 1.82) is 0 Å². The molecule has 0 aromatic rings. The van der Waals surface area contributed by atoms with Gasteiger partial charge in [0.15, 0.2) is 0 Å². The number of hydrogen-bond donors (Lipinski definition) is 2. The van der Waals surface area contributed by atoms with Gasteiger partial charge in [-0.2, -0.15) is 4.31 Å². The normalized spacial score (nSPS) is 30.2. The van der Waals surface area contributed by atoms with Gasteiger partial charge in [-0.1, -0.05) is 20.8 Å². The first-order valence-electron chi connectivity index (χ1n) is 9.52. The lowest BCUT2D eigenvalue weighted by atomic mass is 9.89. The summed E-state index contributed by atoms with van der Waals surface area (Å²) < 4.78 is 26.6. The quantitative estimate of drug-likeness (QED) is 0.613. The minimum absolute atomic E-state index is 0.0469. The second kappa shape index (κ2) is 7.09. The van der Waals surface area contributed by atoms with Gasteiger partial charge in [0.05, 0.1) is 0 Å². The van der Waals surface area contributed by atoms with Gasteiger partial charge in [-0.3, -0.25) is 9.59 Å². The van der Waals surface area contributed by atoms with Crippen molar-refractivity contribution >= 4 is 21.8 Å². The van der Waals surface area contributed by atoms with Gasteiger partial charge in [0, 0.05) is 45.3 Å². The lowest BCUT2D eigenvalue weighted by molar-refractivity contribution is -0.148. The van der Waals surface area contributed by atoms with Crippen LogP contribution in [0.1, 0.15) is 33.6 Å². The van der Waals surface area contributed by atoms with E-state index in [2.05, 4.69) is 31.4 Å². The molecular weight excluding hydrogens is 356 g/mol. The van der Waals surface area contributed by atoms with Crippen LogP contribution in [0.5, 0.6) is 0 Å². The van der Waals surface area contributed by atoms with E-state index < -0.39 is 27.1 Å². The third kappa shape index (κ3) is 3.36. The van der Waals surface area contributed by atoms with E-state index in [0.29, 0.717) is 32.1 Å². The van der Waals surface area contributed by atoms with Crippen LogP contribution in [-0.2, 0) is 19.6 Å². The number of hydrogen-bond acceptors (Lipinski definition) is 5. The van der Waals surface area contributed by atoms with Crippen LogP contribution in [0.15, 0.2) is 0 Å². The zero-order valence-electron chi connectivity index (χ0n) is 15.8. The molecule has 9 heteroatoms. The molecule has 0 bridgehead atoms. The summed E-state index contributed by atoms with van der Waals surface area (Å²) in [5.41, 5.74) is 0.0963. The molecule has 2 heterocycles. The highest BCUT2D eigenvalue weighted by Gasteiger charge is 2.56. The van der Waals surface area contributed by atoms with Gasteiger partial charge < -0.3 is 15.5 Å². The van der Waals surface area contributed by atoms with E-state index in [4.69, 9.17) is 0 Å². The van der Waals surface area contributed by atoms with Crippen LogP contribution >= 0.6 is 0 Å². The number of amides is 2. The van der Waals surface area contributed by atoms with Crippen LogP contribution < -0.4 is 10.6 Å². The van der Waals surface area contributed by atoms with Crippen LogP contribution in [0.25, 0.3) is 0 Å². The molecule has 2 N–H and O–H groups in total. The van der Waals surface area contributed by atoms with Crippen LogP contribution in [-0.4, -0.2) is 80.0 Å². The smallest absolute Gasteiger partial charge is 0.311 e. The van der Waals surface area contributed by atoms with Gasteiger partial charge >= 0.3 is 11.8 Å². The summed E-state index contributed by atoms with van der Waals surface area (Å²) in [6.45, 7) is 8.80. The Balaban J connectivity index is 1.50. The Morgan fingerprint density at radius 3 is 2.35 bits per heavy atom. The summed E-state index contributed by atoms with van der Waals surface area (Å²) in [5, 5.41) is 5.37. The average Bonchev–Trinajstić information content (AvgIpc) is 3.28. The fraction of sp³-hybridized carbons (Fsp3) is 0.882. The maximum Gasteiger partial charge on any atom is 0.311 e. The predicted octanol–water partition coefficient (Wildman–Crippen LogP) is -0.627. The van der Waals surface area contributed by atoms with Crippen molar-refractivity contribution in [2.45, 2.75) is 44.9 Å². The van der Waals surface area contributed by atoms with Crippen molar-refractivity contribution in [3.63, 3.8) is 0 Å². The molecule has 1 aliphatic carbocycles. The van der Waals surface area contributed by atoms with Crippen LogP contribution in [0.2, 0.25) is 0 Å². The number of rotatable bonds is 5. The first-order chi connectivity index (χ1) is 12.2. The lowest BCUT2D eigenvalue weighted by Gasteiger charge is -2.41. The average molecular weight is 387 g/mol. The number of nitrogens with one attached hydrogen (secondary N) is 2. The summed E-state index contributed by atoms with van der Waals surface area (Å²) in [6.07, 6.45) is 1.87. The minimum atomic E-state index is -3.39. The molecule has 3 aliphatic rings. The van der Waals surface area contributed by atoms with Crippen molar-refractivity contribution in [2.24, 2.45) is 11.3 Å². The van der Waals surface area contributed by atoms with Crippen molar-refractivity contribution in [2.75, 3.05) is 39.3 Å². The first-order valence-corrected chi connectivity index (χ1v) is 11.0.